The minimum atomic E-state index is 0.679. The molecule has 0 aliphatic heterocycles. The SMILES string of the molecule is Cc1ccc(NCc2ccc(C#N)cc2)cc1N. The van der Waals surface area contributed by atoms with Gasteiger partial charge in [0.2, 0.25) is 0 Å². The minimum absolute atomic E-state index is 0.679. The number of nitrogens with one attached hydrogen (secondary N) is 1. The molecule has 0 amide bonds. The fraction of sp³-hybridized carbons (Fsp3) is 0.133. The van der Waals surface area contributed by atoms with E-state index in [0.717, 1.165) is 22.5 Å². The molecule has 0 aliphatic carbocycles. The van der Waals surface area contributed by atoms with Crippen LogP contribution in [0.3, 0.4) is 0 Å². The van der Waals surface area contributed by atoms with Gasteiger partial charge in [0.1, 0.15) is 0 Å². The van der Waals surface area contributed by atoms with Crippen LogP contribution >= 0.6 is 0 Å². The van der Waals surface area contributed by atoms with E-state index in [1.165, 1.54) is 0 Å². The zero-order valence-electron chi connectivity index (χ0n) is 10.3. The lowest BCUT2D eigenvalue weighted by molar-refractivity contribution is 1.15. The molecule has 2 aromatic carbocycles. The zero-order chi connectivity index (χ0) is 13.0. The van der Waals surface area contributed by atoms with E-state index in [-0.39, 0.29) is 0 Å². The third kappa shape index (κ3) is 2.80. The molecule has 2 rings (SSSR count). The van der Waals surface area contributed by atoms with E-state index in [9.17, 15) is 0 Å². The molecule has 0 radical (unpaired) electrons. The predicted molar refractivity (Wildman–Crippen MR) is 74.1 cm³/mol. The molecule has 0 aliphatic rings. The number of hydrogen-bond donors (Lipinski definition) is 2. The standard InChI is InChI=1S/C15H15N3/c1-11-2-7-14(8-15(11)17)18-10-13-5-3-12(9-16)4-6-13/h2-8,18H,10,17H2,1H3. The van der Waals surface area contributed by atoms with Crippen molar-refractivity contribution in [1.82, 2.24) is 0 Å². The van der Waals surface area contributed by atoms with Crippen molar-refractivity contribution in [3.8, 4) is 6.07 Å². The Morgan fingerprint density at radius 1 is 1.17 bits per heavy atom. The second-order valence-corrected chi connectivity index (χ2v) is 4.23. The van der Waals surface area contributed by atoms with Crippen LogP contribution in [0.5, 0.6) is 0 Å². The lowest BCUT2D eigenvalue weighted by Gasteiger charge is -2.08. The van der Waals surface area contributed by atoms with E-state index in [1.807, 2.05) is 49.4 Å². The fourth-order valence-corrected chi connectivity index (χ4v) is 1.65. The molecule has 3 nitrogen and oxygen atoms in total. The highest BCUT2D eigenvalue weighted by Gasteiger charge is 1.97. The van der Waals surface area contributed by atoms with Gasteiger partial charge < -0.3 is 11.1 Å². The number of benzene rings is 2. The number of nitrogen functional groups attached to an aromatic ring is 1. The first-order valence-corrected chi connectivity index (χ1v) is 5.78. The summed E-state index contributed by atoms with van der Waals surface area (Å²) in [6, 6.07) is 15.6. The zero-order valence-corrected chi connectivity index (χ0v) is 10.3. The first kappa shape index (κ1) is 12.0. The van der Waals surface area contributed by atoms with E-state index < -0.39 is 0 Å². The monoisotopic (exact) mass is 237 g/mol. The Kier molecular flexibility index (Phi) is 3.49. The highest BCUT2D eigenvalue weighted by molar-refractivity contribution is 5.58. The number of hydrogen-bond acceptors (Lipinski definition) is 3. The van der Waals surface area contributed by atoms with Gasteiger partial charge in [-0.1, -0.05) is 18.2 Å². The Balaban J connectivity index is 2.02. The summed E-state index contributed by atoms with van der Waals surface area (Å²) < 4.78 is 0. The van der Waals surface area contributed by atoms with Crippen LogP contribution in [-0.2, 0) is 6.54 Å². The smallest absolute Gasteiger partial charge is 0.0991 e. The molecule has 0 fully saturated rings. The van der Waals surface area contributed by atoms with Crippen molar-refractivity contribution in [1.29, 1.82) is 5.26 Å². The van der Waals surface area contributed by atoms with Gasteiger partial charge in [-0.3, -0.25) is 0 Å². The molecule has 2 aromatic rings. The molecule has 18 heavy (non-hydrogen) atoms. The number of aryl methyl sites for hydroxylation is 1. The summed E-state index contributed by atoms with van der Waals surface area (Å²) in [5.41, 5.74) is 10.5. The van der Waals surface area contributed by atoms with Crippen molar-refractivity contribution in [2.24, 2.45) is 0 Å². The Morgan fingerprint density at radius 2 is 1.89 bits per heavy atom. The first-order chi connectivity index (χ1) is 8.69. The molecule has 90 valence electrons. The fourth-order valence-electron chi connectivity index (χ4n) is 1.65. The van der Waals surface area contributed by atoms with Crippen LogP contribution in [0.1, 0.15) is 16.7 Å². The maximum atomic E-state index is 8.71. The largest absolute Gasteiger partial charge is 0.398 e. The van der Waals surface area contributed by atoms with Gasteiger partial charge in [-0.2, -0.15) is 5.26 Å². The Hall–Kier alpha value is -2.47. The summed E-state index contributed by atoms with van der Waals surface area (Å²) in [4.78, 5) is 0. The van der Waals surface area contributed by atoms with Crippen molar-refractivity contribution in [2.45, 2.75) is 13.5 Å². The lowest BCUT2D eigenvalue weighted by Crippen LogP contribution is -2.00. The molecule has 0 bridgehead atoms. The summed E-state index contributed by atoms with van der Waals surface area (Å²) in [5, 5.41) is 12.0. The van der Waals surface area contributed by atoms with Crippen molar-refractivity contribution in [3.05, 3.63) is 59.2 Å². The molecule has 0 saturated carbocycles. The van der Waals surface area contributed by atoms with Gasteiger partial charge >= 0.3 is 0 Å². The summed E-state index contributed by atoms with van der Waals surface area (Å²) >= 11 is 0. The van der Waals surface area contributed by atoms with E-state index in [1.54, 1.807) is 0 Å². The first-order valence-electron chi connectivity index (χ1n) is 5.78. The Morgan fingerprint density at radius 3 is 2.50 bits per heavy atom. The molecule has 0 unspecified atom stereocenters. The van der Waals surface area contributed by atoms with Crippen molar-refractivity contribution in [2.75, 3.05) is 11.1 Å². The van der Waals surface area contributed by atoms with Crippen LogP contribution in [0.2, 0.25) is 0 Å². The number of nitrogens with two attached hydrogens (primary N) is 1. The molecule has 0 saturated heterocycles. The van der Waals surface area contributed by atoms with E-state index >= 15 is 0 Å². The van der Waals surface area contributed by atoms with Gasteiger partial charge in [0.25, 0.3) is 0 Å². The van der Waals surface area contributed by atoms with Gasteiger partial charge in [0.15, 0.2) is 0 Å². The Bertz CT molecular complexity index is 580. The van der Waals surface area contributed by atoms with Crippen LogP contribution in [0.15, 0.2) is 42.5 Å². The summed E-state index contributed by atoms with van der Waals surface area (Å²) in [6.45, 7) is 2.70. The third-order valence-corrected chi connectivity index (χ3v) is 2.86. The molecule has 3 N–H and O–H groups in total. The van der Waals surface area contributed by atoms with Crippen LogP contribution < -0.4 is 11.1 Å². The van der Waals surface area contributed by atoms with E-state index in [2.05, 4.69) is 11.4 Å². The maximum Gasteiger partial charge on any atom is 0.0991 e. The van der Waals surface area contributed by atoms with Crippen LogP contribution in [0.25, 0.3) is 0 Å². The average molecular weight is 237 g/mol. The molecule has 0 heterocycles. The van der Waals surface area contributed by atoms with Crippen LogP contribution in [-0.4, -0.2) is 0 Å². The summed E-state index contributed by atoms with van der Waals surface area (Å²) in [5.74, 6) is 0. The highest BCUT2D eigenvalue weighted by atomic mass is 14.9. The second-order valence-electron chi connectivity index (χ2n) is 4.23. The maximum absolute atomic E-state index is 8.71. The van der Waals surface area contributed by atoms with E-state index in [0.29, 0.717) is 12.1 Å². The number of anilines is 2. The van der Waals surface area contributed by atoms with Crippen LogP contribution in [0.4, 0.5) is 11.4 Å². The second kappa shape index (κ2) is 5.24. The molecule has 0 atom stereocenters. The van der Waals surface area contributed by atoms with Gasteiger partial charge in [-0.05, 0) is 42.3 Å². The molecular weight excluding hydrogens is 222 g/mol. The third-order valence-electron chi connectivity index (χ3n) is 2.86. The number of nitrogens with zero attached hydrogens (tertiary/aromatic N) is 1. The van der Waals surface area contributed by atoms with Gasteiger partial charge in [0.05, 0.1) is 11.6 Å². The van der Waals surface area contributed by atoms with Gasteiger partial charge in [-0.25, -0.2) is 0 Å². The summed E-state index contributed by atoms with van der Waals surface area (Å²) in [6.07, 6.45) is 0. The summed E-state index contributed by atoms with van der Waals surface area (Å²) in [7, 11) is 0. The number of nitriles is 1. The normalized spacial score (nSPS) is 9.78. The number of rotatable bonds is 3. The van der Waals surface area contributed by atoms with Gasteiger partial charge in [0, 0.05) is 17.9 Å². The van der Waals surface area contributed by atoms with Crippen molar-refractivity contribution in [3.63, 3.8) is 0 Å². The minimum Gasteiger partial charge on any atom is -0.398 e. The molecular formula is C15H15N3. The molecule has 0 spiro atoms. The Labute approximate surface area is 107 Å². The average Bonchev–Trinajstić information content (AvgIpc) is 2.41. The van der Waals surface area contributed by atoms with Gasteiger partial charge in [-0.15, -0.1) is 0 Å². The predicted octanol–water partition coefficient (Wildman–Crippen LogP) is 3.06. The molecule has 3 heteroatoms. The molecule has 0 aromatic heterocycles. The highest BCUT2D eigenvalue weighted by Crippen LogP contribution is 2.17. The quantitative estimate of drug-likeness (QED) is 0.806. The van der Waals surface area contributed by atoms with Crippen molar-refractivity contribution < 1.29 is 0 Å². The van der Waals surface area contributed by atoms with Crippen LogP contribution in [0, 0.1) is 18.3 Å². The topological polar surface area (TPSA) is 61.8 Å². The lowest BCUT2D eigenvalue weighted by atomic mass is 10.1. The van der Waals surface area contributed by atoms with Crippen molar-refractivity contribution >= 4 is 11.4 Å². The van der Waals surface area contributed by atoms with E-state index in [4.69, 9.17) is 11.0 Å².